The van der Waals surface area contributed by atoms with Crippen molar-refractivity contribution < 1.29 is 9.53 Å². The first-order chi connectivity index (χ1) is 10.7. The number of nitrogens with one attached hydrogen (secondary N) is 2. The van der Waals surface area contributed by atoms with Gasteiger partial charge in [0.1, 0.15) is 6.61 Å². The van der Waals surface area contributed by atoms with Crippen molar-refractivity contribution in [3.05, 3.63) is 35.2 Å². The molecule has 1 aliphatic heterocycles. The van der Waals surface area contributed by atoms with E-state index in [0.29, 0.717) is 18.3 Å². The Bertz CT molecular complexity index is 648. The van der Waals surface area contributed by atoms with Crippen LogP contribution in [0.15, 0.2) is 12.3 Å². The Morgan fingerprint density at radius 1 is 1.50 bits per heavy atom. The number of methoxy groups -OCH3 is 1. The molecule has 0 saturated carbocycles. The average molecular weight is 303 g/mol. The summed E-state index contributed by atoms with van der Waals surface area (Å²) in [6.45, 7) is 3.04. The zero-order chi connectivity index (χ0) is 15.5. The number of likely N-dealkylation sites (tertiary alicyclic amines) is 1. The second-order valence-electron chi connectivity index (χ2n) is 5.60. The van der Waals surface area contributed by atoms with E-state index in [9.17, 15) is 4.79 Å². The molecule has 22 heavy (non-hydrogen) atoms. The topological polar surface area (TPSA) is 86.9 Å². The number of hydrogen-bond acceptors (Lipinski definition) is 4. The fraction of sp³-hybridized carbons (Fsp3) is 0.533. The predicted octanol–water partition coefficient (Wildman–Crippen LogP) is 1.96. The van der Waals surface area contributed by atoms with Crippen LogP contribution < -0.4 is 0 Å². The number of H-pyrrole nitrogens is 2. The minimum absolute atomic E-state index is 0.0431. The lowest BCUT2D eigenvalue weighted by molar-refractivity contribution is 0.0599. The minimum Gasteiger partial charge on any atom is -0.377 e. The van der Waals surface area contributed by atoms with Crippen molar-refractivity contribution in [1.82, 2.24) is 25.1 Å². The zero-order valence-electron chi connectivity index (χ0n) is 12.9. The summed E-state index contributed by atoms with van der Waals surface area (Å²) in [5.74, 6) is 1.41. The van der Waals surface area contributed by atoms with E-state index >= 15 is 0 Å². The maximum atomic E-state index is 12.8. The number of aromatic nitrogens is 4. The van der Waals surface area contributed by atoms with E-state index in [-0.39, 0.29) is 11.9 Å². The lowest BCUT2D eigenvalue weighted by atomic mass is 10.0. The molecule has 118 valence electrons. The first kappa shape index (κ1) is 14.8. The predicted molar refractivity (Wildman–Crippen MR) is 80.3 cm³/mol. The van der Waals surface area contributed by atoms with Gasteiger partial charge >= 0.3 is 0 Å². The highest BCUT2D eigenvalue weighted by molar-refractivity contribution is 5.95. The highest BCUT2D eigenvalue weighted by atomic mass is 16.5. The van der Waals surface area contributed by atoms with Gasteiger partial charge < -0.3 is 14.6 Å². The van der Waals surface area contributed by atoms with E-state index in [0.717, 1.165) is 37.1 Å². The standard InChI is InChI=1S/C15H21N5O2/c1-10-11(6-7-16-10)15(21)20-8-4-3-5-12(20)14-17-13(9-22-2)18-19-14/h6-7,12,16H,3-5,8-9H2,1-2H3,(H,17,18,19). The zero-order valence-corrected chi connectivity index (χ0v) is 12.9. The van der Waals surface area contributed by atoms with Crippen molar-refractivity contribution in [2.75, 3.05) is 13.7 Å². The van der Waals surface area contributed by atoms with Crippen molar-refractivity contribution in [2.45, 2.75) is 38.8 Å². The lowest BCUT2D eigenvalue weighted by Gasteiger charge is -2.34. The Hall–Kier alpha value is -2.15. The number of hydrogen-bond donors (Lipinski definition) is 2. The molecule has 1 unspecified atom stereocenters. The molecule has 1 amide bonds. The monoisotopic (exact) mass is 303 g/mol. The molecule has 2 aromatic heterocycles. The number of aryl methyl sites for hydroxylation is 1. The Balaban J connectivity index is 1.84. The van der Waals surface area contributed by atoms with Crippen LogP contribution in [0.3, 0.4) is 0 Å². The van der Waals surface area contributed by atoms with Crippen LogP contribution in [0.5, 0.6) is 0 Å². The van der Waals surface area contributed by atoms with Gasteiger partial charge in [-0.25, -0.2) is 4.98 Å². The van der Waals surface area contributed by atoms with Gasteiger partial charge in [0.2, 0.25) is 0 Å². The average Bonchev–Trinajstić information content (AvgIpc) is 3.16. The number of ether oxygens (including phenoxy) is 1. The molecule has 2 aromatic rings. The van der Waals surface area contributed by atoms with Gasteiger partial charge in [-0.05, 0) is 32.3 Å². The molecule has 1 atom stereocenters. The van der Waals surface area contributed by atoms with Crippen LogP contribution in [0.4, 0.5) is 0 Å². The first-order valence-corrected chi connectivity index (χ1v) is 7.55. The van der Waals surface area contributed by atoms with E-state index in [1.54, 1.807) is 13.3 Å². The third-order valence-corrected chi connectivity index (χ3v) is 4.08. The van der Waals surface area contributed by atoms with Crippen LogP contribution in [-0.2, 0) is 11.3 Å². The summed E-state index contributed by atoms with van der Waals surface area (Å²) < 4.78 is 5.06. The van der Waals surface area contributed by atoms with Crippen molar-refractivity contribution in [3.63, 3.8) is 0 Å². The Morgan fingerprint density at radius 3 is 3.09 bits per heavy atom. The minimum atomic E-state index is -0.0718. The summed E-state index contributed by atoms with van der Waals surface area (Å²) in [5, 5.41) is 7.16. The Morgan fingerprint density at radius 2 is 2.36 bits per heavy atom. The summed E-state index contributed by atoms with van der Waals surface area (Å²) in [7, 11) is 1.62. The summed E-state index contributed by atoms with van der Waals surface area (Å²) >= 11 is 0. The molecule has 7 nitrogen and oxygen atoms in total. The smallest absolute Gasteiger partial charge is 0.256 e. The summed E-state index contributed by atoms with van der Waals surface area (Å²) in [6.07, 6.45) is 4.78. The molecule has 1 fully saturated rings. The number of piperidine rings is 1. The van der Waals surface area contributed by atoms with Crippen molar-refractivity contribution in [1.29, 1.82) is 0 Å². The highest BCUT2D eigenvalue weighted by Crippen LogP contribution is 2.30. The van der Waals surface area contributed by atoms with Crippen molar-refractivity contribution in [3.8, 4) is 0 Å². The third-order valence-electron chi connectivity index (χ3n) is 4.08. The van der Waals surface area contributed by atoms with E-state index in [2.05, 4.69) is 20.2 Å². The van der Waals surface area contributed by atoms with Gasteiger partial charge in [-0.2, -0.15) is 5.10 Å². The molecule has 0 bridgehead atoms. The molecule has 0 aliphatic carbocycles. The molecule has 0 radical (unpaired) electrons. The van der Waals surface area contributed by atoms with Gasteiger partial charge in [0.15, 0.2) is 11.6 Å². The van der Waals surface area contributed by atoms with Crippen molar-refractivity contribution >= 4 is 5.91 Å². The van der Waals surface area contributed by atoms with Crippen molar-refractivity contribution in [2.24, 2.45) is 0 Å². The fourth-order valence-corrected chi connectivity index (χ4v) is 2.94. The second-order valence-corrected chi connectivity index (χ2v) is 5.60. The molecule has 7 heteroatoms. The van der Waals surface area contributed by atoms with Gasteiger partial charge in [0.25, 0.3) is 5.91 Å². The van der Waals surface area contributed by atoms with Gasteiger partial charge in [-0.1, -0.05) is 0 Å². The number of carbonyl (C=O) groups excluding carboxylic acids is 1. The summed E-state index contributed by atoms with van der Waals surface area (Å²) in [4.78, 5) is 22.2. The number of aromatic amines is 2. The molecular formula is C15H21N5O2. The first-order valence-electron chi connectivity index (χ1n) is 7.55. The van der Waals surface area contributed by atoms with Crippen LogP contribution in [0.2, 0.25) is 0 Å². The molecule has 1 aliphatic rings. The molecule has 0 aromatic carbocycles. The fourth-order valence-electron chi connectivity index (χ4n) is 2.94. The third kappa shape index (κ3) is 2.76. The molecule has 3 heterocycles. The summed E-state index contributed by atoms with van der Waals surface area (Å²) in [5.41, 5.74) is 1.61. The summed E-state index contributed by atoms with van der Waals surface area (Å²) in [6, 6.07) is 1.76. The van der Waals surface area contributed by atoms with Crippen LogP contribution >= 0.6 is 0 Å². The maximum Gasteiger partial charge on any atom is 0.256 e. The molecular weight excluding hydrogens is 282 g/mol. The lowest BCUT2D eigenvalue weighted by Crippen LogP contribution is -2.39. The number of rotatable bonds is 4. The normalized spacial score (nSPS) is 18.6. The molecule has 0 spiro atoms. The SMILES string of the molecule is COCc1nc(C2CCCCN2C(=O)c2cc[nH]c2C)n[nH]1. The van der Waals surface area contributed by atoms with Gasteiger partial charge in [0.05, 0.1) is 11.6 Å². The van der Waals surface area contributed by atoms with E-state index in [4.69, 9.17) is 4.74 Å². The second kappa shape index (κ2) is 6.31. The van der Waals surface area contributed by atoms with E-state index < -0.39 is 0 Å². The van der Waals surface area contributed by atoms with Crippen LogP contribution in [0.1, 0.15) is 53.0 Å². The highest BCUT2D eigenvalue weighted by Gasteiger charge is 2.32. The Labute approximate surface area is 129 Å². The van der Waals surface area contributed by atoms with Gasteiger partial charge in [-0.15, -0.1) is 0 Å². The molecule has 3 rings (SSSR count). The molecule has 2 N–H and O–H groups in total. The number of amides is 1. The Kier molecular flexibility index (Phi) is 4.24. The number of nitrogens with zero attached hydrogens (tertiary/aromatic N) is 3. The largest absolute Gasteiger partial charge is 0.377 e. The van der Waals surface area contributed by atoms with Crippen LogP contribution in [-0.4, -0.2) is 44.6 Å². The van der Waals surface area contributed by atoms with E-state index in [1.807, 2.05) is 17.9 Å². The molecule has 1 saturated heterocycles. The van der Waals surface area contributed by atoms with Gasteiger partial charge in [-0.3, -0.25) is 9.89 Å². The quantitative estimate of drug-likeness (QED) is 0.904. The van der Waals surface area contributed by atoms with Crippen LogP contribution in [0, 0.1) is 6.92 Å². The number of carbonyl (C=O) groups is 1. The van der Waals surface area contributed by atoms with E-state index in [1.165, 1.54) is 0 Å². The van der Waals surface area contributed by atoms with Crippen LogP contribution in [0.25, 0.3) is 0 Å². The maximum absolute atomic E-state index is 12.8. The van der Waals surface area contributed by atoms with Gasteiger partial charge in [0, 0.05) is 25.5 Å².